The molecule has 1 rings (SSSR count). The van der Waals surface area contributed by atoms with E-state index in [1.165, 1.54) is 0 Å². The lowest BCUT2D eigenvalue weighted by Crippen LogP contribution is -2.30. The van der Waals surface area contributed by atoms with E-state index in [1.54, 1.807) is 0 Å². The summed E-state index contributed by atoms with van der Waals surface area (Å²) in [5.74, 6) is -2.49. The minimum absolute atomic E-state index is 0. The zero-order valence-electron chi connectivity index (χ0n) is 9.05. The lowest BCUT2D eigenvalue weighted by atomic mass is 10.1. The Kier molecular flexibility index (Phi) is 6.07. The van der Waals surface area contributed by atoms with Gasteiger partial charge in [-0.1, -0.05) is 6.07 Å². The van der Waals surface area contributed by atoms with Crippen molar-refractivity contribution in [1.82, 2.24) is 5.32 Å². The maximum Gasteiger partial charge on any atom is 0.419 e. The number of nitrogens with one attached hydrogen (secondary N) is 1. The van der Waals surface area contributed by atoms with Crippen LogP contribution in [0.25, 0.3) is 0 Å². The van der Waals surface area contributed by atoms with E-state index < -0.39 is 29.0 Å². The molecule has 0 spiro atoms. The van der Waals surface area contributed by atoms with Crippen molar-refractivity contribution < 1.29 is 22.4 Å². The van der Waals surface area contributed by atoms with E-state index >= 15 is 0 Å². The molecule has 8 heteroatoms. The molecule has 0 heterocycles. The third-order valence-electron chi connectivity index (χ3n) is 1.98. The Balaban J connectivity index is 0.00000289. The van der Waals surface area contributed by atoms with Gasteiger partial charge in [-0.2, -0.15) is 13.2 Å². The number of rotatable bonds is 3. The second-order valence-corrected chi connectivity index (χ2v) is 3.21. The maximum absolute atomic E-state index is 13.4. The Labute approximate surface area is 107 Å². The zero-order valence-corrected chi connectivity index (χ0v) is 9.87. The van der Waals surface area contributed by atoms with Crippen LogP contribution in [-0.4, -0.2) is 19.0 Å². The smallest absolute Gasteiger partial charge is 0.351 e. The Morgan fingerprint density at radius 1 is 1.33 bits per heavy atom. The second kappa shape index (κ2) is 6.55. The minimum atomic E-state index is -4.83. The third kappa shape index (κ3) is 3.85. The lowest BCUT2D eigenvalue weighted by Gasteiger charge is -2.10. The number of benzene rings is 1. The van der Waals surface area contributed by atoms with Gasteiger partial charge in [-0.15, -0.1) is 12.4 Å². The third-order valence-corrected chi connectivity index (χ3v) is 1.98. The van der Waals surface area contributed by atoms with Gasteiger partial charge in [0.1, 0.15) is 5.82 Å². The molecule has 0 unspecified atom stereocenters. The van der Waals surface area contributed by atoms with Gasteiger partial charge < -0.3 is 11.1 Å². The standard InChI is InChI=1S/C10H10F4N2O.ClH/c11-8-6(9(17)16-5-4-15)2-1-3-7(8)10(12,13)14;/h1-3H,4-5,15H2,(H,16,17);1H. The van der Waals surface area contributed by atoms with Gasteiger partial charge in [0, 0.05) is 13.1 Å². The van der Waals surface area contributed by atoms with Crippen molar-refractivity contribution in [3.63, 3.8) is 0 Å². The summed E-state index contributed by atoms with van der Waals surface area (Å²) in [7, 11) is 0. The predicted octanol–water partition coefficient (Wildman–Crippen LogP) is 1.95. The Morgan fingerprint density at radius 3 is 2.44 bits per heavy atom. The first-order valence-electron chi connectivity index (χ1n) is 4.72. The summed E-state index contributed by atoms with van der Waals surface area (Å²) in [5.41, 5.74) is 3.00. The van der Waals surface area contributed by atoms with Gasteiger partial charge in [0.2, 0.25) is 0 Å². The fourth-order valence-electron chi connectivity index (χ4n) is 1.21. The molecule has 3 N–H and O–H groups in total. The molecule has 0 aliphatic carbocycles. The van der Waals surface area contributed by atoms with Crippen LogP contribution >= 0.6 is 12.4 Å². The average Bonchev–Trinajstić information content (AvgIpc) is 2.24. The number of carbonyl (C=O) groups excluding carboxylic acids is 1. The average molecular weight is 287 g/mol. The summed E-state index contributed by atoms with van der Waals surface area (Å²) in [6.45, 7) is 0.181. The first-order valence-corrected chi connectivity index (χ1v) is 4.72. The summed E-state index contributed by atoms with van der Waals surface area (Å²) >= 11 is 0. The molecule has 0 saturated carbocycles. The number of hydrogen-bond acceptors (Lipinski definition) is 2. The van der Waals surface area contributed by atoms with E-state index in [1.807, 2.05) is 0 Å². The molecule has 102 valence electrons. The van der Waals surface area contributed by atoms with Gasteiger partial charge in [-0.25, -0.2) is 4.39 Å². The van der Waals surface area contributed by atoms with Gasteiger partial charge >= 0.3 is 6.18 Å². The molecule has 0 aliphatic rings. The quantitative estimate of drug-likeness (QED) is 0.835. The Morgan fingerprint density at radius 2 is 1.94 bits per heavy atom. The summed E-state index contributed by atoms with van der Waals surface area (Å²) in [6, 6.07) is 2.54. The monoisotopic (exact) mass is 286 g/mol. The highest BCUT2D eigenvalue weighted by Crippen LogP contribution is 2.32. The van der Waals surface area contributed by atoms with Crippen LogP contribution in [0.1, 0.15) is 15.9 Å². The van der Waals surface area contributed by atoms with Crippen molar-refractivity contribution in [2.45, 2.75) is 6.18 Å². The molecule has 0 radical (unpaired) electrons. The number of halogens is 5. The number of nitrogens with two attached hydrogens (primary N) is 1. The van der Waals surface area contributed by atoms with Crippen molar-refractivity contribution in [2.24, 2.45) is 5.73 Å². The van der Waals surface area contributed by atoms with E-state index in [-0.39, 0.29) is 25.5 Å². The molecular formula is C10H11ClF4N2O. The summed E-state index contributed by atoms with van der Waals surface area (Å²) in [4.78, 5) is 11.3. The van der Waals surface area contributed by atoms with Crippen LogP contribution in [0.2, 0.25) is 0 Å². The molecule has 1 amide bonds. The van der Waals surface area contributed by atoms with Crippen LogP contribution in [0.3, 0.4) is 0 Å². The SMILES string of the molecule is Cl.NCCNC(=O)c1cccc(C(F)(F)F)c1F. The lowest BCUT2D eigenvalue weighted by molar-refractivity contribution is -0.140. The fourth-order valence-corrected chi connectivity index (χ4v) is 1.21. The van der Waals surface area contributed by atoms with Gasteiger partial charge in [-0.3, -0.25) is 4.79 Å². The first-order chi connectivity index (χ1) is 7.88. The van der Waals surface area contributed by atoms with Crippen molar-refractivity contribution >= 4 is 18.3 Å². The van der Waals surface area contributed by atoms with E-state index in [2.05, 4.69) is 5.32 Å². The fraction of sp³-hybridized carbons (Fsp3) is 0.300. The second-order valence-electron chi connectivity index (χ2n) is 3.21. The molecule has 0 atom stereocenters. The zero-order chi connectivity index (χ0) is 13.1. The van der Waals surface area contributed by atoms with Crippen LogP contribution in [0.4, 0.5) is 17.6 Å². The molecule has 0 aromatic heterocycles. The molecule has 3 nitrogen and oxygen atoms in total. The number of alkyl halides is 3. The summed E-state index contributed by atoms with van der Waals surface area (Å²) in [6.07, 6.45) is -4.83. The molecule has 0 saturated heterocycles. The van der Waals surface area contributed by atoms with Crippen molar-refractivity contribution in [3.8, 4) is 0 Å². The van der Waals surface area contributed by atoms with Crippen molar-refractivity contribution in [2.75, 3.05) is 13.1 Å². The normalized spacial score (nSPS) is 10.7. The highest BCUT2D eigenvalue weighted by atomic mass is 35.5. The van der Waals surface area contributed by atoms with Crippen LogP contribution < -0.4 is 11.1 Å². The van der Waals surface area contributed by atoms with Crippen LogP contribution in [0, 0.1) is 5.82 Å². The van der Waals surface area contributed by atoms with Gasteiger partial charge in [0.25, 0.3) is 5.91 Å². The molecule has 1 aromatic rings. The van der Waals surface area contributed by atoms with E-state index in [4.69, 9.17) is 5.73 Å². The van der Waals surface area contributed by atoms with E-state index in [0.717, 1.165) is 12.1 Å². The summed E-state index contributed by atoms with van der Waals surface area (Å²) < 4.78 is 50.5. The van der Waals surface area contributed by atoms with E-state index in [0.29, 0.717) is 6.07 Å². The maximum atomic E-state index is 13.4. The number of hydrogen-bond donors (Lipinski definition) is 2. The molecule has 0 bridgehead atoms. The first kappa shape index (κ1) is 16.7. The molecule has 0 aliphatic heterocycles. The topological polar surface area (TPSA) is 55.1 Å². The van der Waals surface area contributed by atoms with Gasteiger partial charge in [-0.05, 0) is 12.1 Å². The number of carbonyl (C=O) groups is 1. The molecular weight excluding hydrogens is 276 g/mol. The minimum Gasteiger partial charge on any atom is -0.351 e. The van der Waals surface area contributed by atoms with Crippen molar-refractivity contribution in [3.05, 3.63) is 35.1 Å². The molecule has 18 heavy (non-hydrogen) atoms. The highest BCUT2D eigenvalue weighted by molar-refractivity contribution is 5.94. The Bertz CT molecular complexity index is 423. The number of amides is 1. The Hall–Kier alpha value is -1.34. The largest absolute Gasteiger partial charge is 0.419 e. The highest BCUT2D eigenvalue weighted by Gasteiger charge is 2.35. The molecule has 1 aromatic carbocycles. The van der Waals surface area contributed by atoms with Crippen LogP contribution in [0.15, 0.2) is 18.2 Å². The molecule has 0 fully saturated rings. The van der Waals surface area contributed by atoms with E-state index in [9.17, 15) is 22.4 Å². The van der Waals surface area contributed by atoms with Crippen LogP contribution in [-0.2, 0) is 6.18 Å². The predicted molar refractivity (Wildman–Crippen MR) is 60.0 cm³/mol. The summed E-state index contributed by atoms with van der Waals surface area (Å²) in [5, 5.41) is 2.20. The van der Waals surface area contributed by atoms with Crippen molar-refractivity contribution in [1.29, 1.82) is 0 Å². The van der Waals surface area contributed by atoms with Gasteiger partial charge in [0.05, 0.1) is 11.1 Å². The van der Waals surface area contributed by atoms with Gasteiger partial charge in [0.15, 0.2) is 0 Å². The van der Waals surface area contributed by atoms with Crippen LogP contribution in [0.5, 0.6) is 0 Å².